The van der Waals surface area contributed by atoms with E-state index in [1.54, 1.807) is 29.4 Å². The molecule has 0 aliphatic rings. The van der Waals surface area contributed by atoms with Crippen molar-refractivity contribution in [3.05, 3.63) is 52.5 Å². The SMILES string of the molecule is Cl.NCc1c(F)ccc(-c2sc(-c3cn[nH]c3)nc2C(N)=O)c1-c1cscn1. The van der Waals surface area contributed by atoms with E-state index in [9.17, 15) is 9.18 Å². The van der Waals surface area contributed by atoms with Crippen molar-refractivity contribution >= 4 is 41.0 Å². The molecular weight excluding hydrogens is 423 g/mol. The van der Waals surface area contributed by atoms with Gasteiger partial charge in [0.15, 0.2) is 0 Å². The Hall–Kier alpha value is -2.66. The smallest absolute Gasteiger partial charge is 0.268 e. The zero-order chi connectivity index (χ0) is 19.0. The number of halogens is 2. The number of amides is 1. The highest BCUT2D eigenvalue weighted by atomic mass is 35.5. The van der Waals surface area contributed by atoms with Gasteiger partial charge in [-0.1, -0.05) is 0 Å². The molecule has 28 heavy (non-hydrogen) atoms. The van der Waals surface area contributed by atoms with E-state index in [0.29, 0.717) is 32.3 Å². The predicted molar refractivity (Wildman–Crippen MR) is 110 cm³/mol. The number of hydrogen-bond acceptors (Lipinski definition) is 7. The molecule has 0 unspecified atom stereocenters. The van der Waals surface area contributed by atoms with E-state index in [4.69, 9.17) is 11.5 Å². The van der Waals surface area contributed by atoms with E-state index in [1.165, 1.54) is 28.7 Å². The molecule has 0 saturated carbocycles. The fourth-order valence-corrected chi connectivity index (χ4v) is 4.43. The Labute approximate surface area is 173 Å². The zero-order valence-electron chi connectivity index (χ0n) is 14.2. The standard InChI is InChI=1S/C17H13FN6OS2.ClH/c18-11-2-1-9(13(10(11)3-19)12-6-26-7-21-12)15-14(16(20)25)24-17(27-15)8-4-22-23-5-8;/h1-2,4-7H,3,19H2,(H2,20,25)(H,22,23);1H. The average Bonchev–Trinajstić information content (AvgIpc) is 3.41. The Morgan fingerprint density at radius 3 is 2.75 bits per heavy atom. The van der Waals surface area contributed by atoms with E-state index in [-0.39, 0.29) is 24.6 Å². The van der Waals surface area contributed by atoms with Crippen LogP contribution in [0.1, 0.15) is 16.1 Å². The lowest BCUT2D eigenvalue weighted by Gasteiger charge is -2.13. The number of hydrogen-bond donors (Lipinski definition) is 3. The summed E-state index contributed by atoms with van der Waals surface area (Å²) in [5.74, 6) is -1.09. The third kappa shape index (κ3) is 3.42. The van der Waals surface area contributed by atoms with Gasteiger partial charge in [-0.25, -0.2) is 14.4 Å². The number of nitrogens with one attached hydrogen (secondary N) is 1. The van der Waals surface area contributed by atoms with Crippen LogP contribution >= 0.6 is 35.1 Å². The first-order valence-electron chi connectivity index (χ1n) is 7.80. The lowest BCUT2D eigenvalue weighted by Crippen LogP contribution is -2.13. The van der Waals surface area contributed by atoms with Crippen LogP contribution in [0.2, 0.25) is 0 Å². The number of rotatable bonds is 5. The lowest BCUT2D eigenvalue weighted by atomic mass is 9.96. The minimum Gasteiger partial charge on any atom is -0.364 e. The van der Waals surface area contributed by atoms with Gasteiger partial charge in [-0.3, -0.25) is 9.89 Å². The van der Waals surface area contributed by atoms with Crippen LogP contribution in [0.15, 0.2) is 35.4 Å². The number of carbonyl (C=O) groups excluding carboxylic acids is 1. The molecule has 0 fully saturated rings. The summed E-state index contributed by atoms with van der Waals surface area (Å²) >= 11 is 2.66. The highest BCUT2D eigenvalue weighted by Crippen LogP contribution is 2.42. The highest BCUT2D eigenvalue weighted by molar-refractivity contribution is 7.18. The molecule has 0 atom stereocenters. The molecular formula is C17H14ClFN6OS2. The van der Waals surface area contributed by atoms with E-state index >= 15 is 0 Å². The number of nitrogens with two attached hydrogens (primary N) is 2. The summed E-state index contributed by atoms with van der Waals surface area (Å²) in [5.41, 5.74) is 15.9. The second-order valence-electron chi connectivity index (χ2n) is 5.57. The van der Waals surface area contributed by atoms with Gasteiger partial charge in [-0.15, -0.1) is 35.1 Å². The summed E-state index contributed by atoms with van der Waals surface area (Å²) in [6.07, 6.45) is 3.27. The molecule has 7 nitrogen and oxygen atoms in total. The van der Waals surface area contributed by atoms with Gasteiger partial charge in [-0.2, -0.15) is 5.10 Å². The van der Waals surface area contributed by atoms with Crippen LogP contribution in [0.5, 0.6) is 0 Å². The van der Waals surface area contributed by atoms with Crippen LogP contribution < -0.4 is 11.5 Å². The maximum atomic E-state index is 14.4. The van der Waals surface area contributed by atoms with Gasteiger partial charge in [0.05, 0.1) is 22.3 Å². The molecule has 0 radical (unpaired) electrons. The van der Waals surface area contributed by atoms with Crippen molar-refractivity contribution in [2.45, 2.75) is 6.54 Å². The number of aromatic amines is 1. The maximum Gasteiger partial charge on any atom is 0.268 e. The van der Waals surface area contributed by atoms with Gasteiger partial charge in [0.1, 0.15) is 16.5 Å². The van der Waals surface area contributed by atoms with Crippen LogP contribution in [-0.2, 0) is 6.54 Å². The molecule has 0 saturated heterocycles. The molecule has 0 aliphatic heterocycles. The van der Waals surface area contributed by atoms with Gasteiger partial charge in [-0.05, 0) is 12.1 Å². The molecule has 0 aliphatic carbocycles. The van der Waals surface area contributed by atoms with Crippen LogP contribution in [0, 0.1) is 5.82 Å². The molecule has 3 heterocycles. The largest absolute Gasteiger partial charge is 0.364 e. The van der Waals surface area contributed by atoms with Crippen LogP contribution in [0.25, 0.3) is 32.3 Å². The molecule has 4 aromatic rings. The number of H-pyrrole nitrogens is 1. The lowest BCUT2D eigenvalue weighted by molar-refractivity contribution is 0.0997. The van der Waals surface area contributed by atoms with E-state index in [0.717, 1.165) is 5.56 Å². The summed E-state index contributed by atoms with van der Waals surface area (Å²) in [6, 6.07) is 2.93. The maximum absolute atomic E-state index is 14.4. The summed E-state index contributed by atoms with van der Waals surface area (Å²) in [4.78, 5) is 21.2. The number of aromatic nitrogens is 4. The molecule has 144 valence electrons. The monoisotopic (exact) mass is 436 g/mol. The van der Waals surface area contributed by atoms with Gasteiger partial charge >= 0.3 is 0 Å². The summed E-state index contributed by atoms with van der Waals surface area (Å²) in [5, 5.41) is 9.00. The predicted octanol–water partition coefficient (Wildman–Crippen LogP) is 3.44. The van der Waals surface area contributed by atoms with Crippen molar-refractivity contribution < 1.29 is 9.18 Å². The van der Waals surface area contributed by atoms with Gasteiger partial charge in [0.25, 0.3) is 5.91 Å². The topological polar surface area (TPSA) is 124 Å². The second-order valence-corrected chi connectivity index (χ2v) is 7.29. The first kappa shape index (κ1) is 20.1. The molecule has 1 amide bonds. The normalized spacial score (nSPS) is 10.6. The first-order valence-corrected chi connectivity index (χ1v) is 9.56. The number of thiazole rings is 2. The number of primary amides is 1. The van der Waals surface area contributed by atoms with Crippen molar-refractivity contribution in [1.29, 1.82) is 0 Å². The van der Waals surface area contributed by atoms with E-state index in [2.05, 4.69) is 20.2 Å². The van der Waals surface area contributed by atoms with Crippen LogP contribution in [-0.4, -0.2) is 26.1 Å². The fraction of sp³-hybridized carbons (Fsp3) is 0.0588. The van der Waals surface area contributed by atoms with Gasteiger partial charge < -0.3 is 11.5 Å². The quantitative estimate of drug-likeness (QED) is 0.442. The number of carbonyl (C=O) groups is 1. The van der Waals surface area contributed by atoms with E-state index < -0.39 is 11.7 Å². The summed E-state index contributed by atoms with van der Waals surface area (Å²) < 4.78 is 14.4. The Morgan fingerprint density at radius 1 is 1.32 bits per heavy atom. The second kappa shape index (κ2) is 8.15. The van der Waals surface area contributed by atoms with Crippen molar-refractivity contribution in [2.24, 2.45) is 11.5 Å². The Bertz CT molecular complexity index is 1110. The minimum atomic E-state index is -0.668. The average molecular weight is 437 g/mol. The molecule has 11 heteroatoms. The Balaban J connectivity index is 0.00000225. The highest BCUT2D eigenvalue weighted by Gasteiger charge is 2.24. The molecule has 3 aromatic heterocycles. The van der Waals surface area contributed by atoms with Crippen molar-refractivity contribution in [2.75, 3.05) is 0 Å². The first-order chi connectivity index (χ1) is 13.1. The van der Waals surface area contributed by atoms with Crippen molar-refractivity contribution in [1.82, 2.24) is 20.2 Å². The minimum absolute atomic E-state index is 0. The van der Waals surface area contributed by atoms with Gasteiger partial charge in [0, 0.05) is 40.4 Å². The Morgan fingerprint density at radius 2 is 2.14 bits per heavy atom. The van der Waals surface area contributed by atoms with Gasteiger partial charge in [0.2, 0.25) is 0 Å². The molecule has 1 aromatic carbocycles. The molecule has 0 spiro atoms. The third-order valence-corrected chi connectivity index (χ3v) is 5.72. The summed E-state index contributed by atoms with van der Waals surface area (Å²) in [7, 11) is 0. The number of benzene rings is 1. The van der Waals surface area contributed by atoms with Crippen LogP contribution in [0.3, 0.4) is 0 Å². The fourth-order valence-electron chi connectivity index (χ4n) is 2.80. The Kier molecular flexibility index (Phi) is 5.84. The third-order valence-electron chi connectivity index (χ3n) is 4.00. The molecule has 4 rings (SSSR count). The summed E-state index contributed by atoms with van der Waals surface area (Å²) in [6.45, 7) is -0.00811. The molecule has 5 N–H and O–H groups in total. The zero-order valence-corrected chi connectivity index (χ0v) is 16.6. The van der Waals surface area contributed by atoms with Crippen molar-refractivity contribution in [3.8, 4) is 32.3 Å². The van der Waals surface area contributed by atoms with Crippen LogP contribution in [0.4, 0.5) is 4.39 Å². The number of nitrogens with zero attached hydrogens (tertiary/aromatic N) is 3. The van der Waals surface area contributed by atoms with E-state index in [1.807, 2.05) is 0 Å². The molecule has 0 bridgehead atoms. The van der Waals surface area contributed by atoms with Crippen molar-refractivity contribution in [3.63, 3.8) is 0 Å².